The standard InChI is InChI=1S/C37H42NO.C33H32NO.2C31H30NO/c1-22(2)20-37(21-23(3)4)31-12-10-9-11-27(31)29-19-34-30(18-32(29)37)28-14-13-25(7)35(36(28)39-34)33-17-26(24(5)6)15-16-38(33)8;1-20(2)22-13-16-34(4)29(17-22)31-21(3)11-12-24-26-18-28-25(19-30(26)35-32(24)31)23-9-5-6-10-27(23)33(28)14-7-8-15-33;1-18(2)20-13-14-32(6)27(15-20)29-19(3)11-12-22-24-16-26-23(17-28(24)33-30(22)29)21-9-7-8-10-25(21)31(26,4)5;1-18(2)20-13-14-32(6)27(15-20)29-19(3)11-12-22-24-16-23-21-9-7-8-10-25(21)31(4,5)26(23)17-28(24)33-30(22)29/h9-19,22-24H,20-21H2,1-8H3;5-6,9-13,16-20H,7-8,14-15H2,1-4H3;2*7-18H,1-6H3/q4*+1. The van der Waals surface area contributed by atoms with E-state index in [1.165, 1.54) is 247 Å². The number of pyridine rings is 4. The Morgan fingerprint density at radius 3 is 0.879 bits per heavy atom. The van der Waals surface area contributed by atoms with E-state index < -0.39 is 0 Å². The molecule has 12 aromatic carbocycles. The van der Waals surface area contributed by atoms with Crippen LogP contribution >= 0.6 is 0 Å². The lowest BCUT2D eigenvalue weighted by Gasteiger charge is -2.35. The second-order valence-corrected chi connectivity index (χ2v) is 45.0. The summed E-state index contributed by atoms with van der Waals surface area (Å²) < 4.78 is 35.8. The van der Waals surface area contributed by atoms with Gasteiger partial charge < -0.3 is 17.7 Å². The number of aromatic nitrogens is 4. The molecule has 140 heavy (non-hydrogen) atoms. The van der Waals surface area contributed by atoms with E-state index in [4.69, 9.17) is 17.7 Å². The molecule has 5 aliphatic carbocycles. The Bertz CT molecular complexity index is 8420. The maximum absolute atomic E-state index is 6.83. The van der Waals surface area contributed by atoms with E-state index in [-0.39, 0.29) is 21.7 Å². The average Bonchev–Trinajstić information content (AvgIpc) is 1.53. The van der Waals surface area contributed by atoms with Gasteiger partial charge in [-0.2, -0.15) is 0 Å². The molecule has 0 N–H and O–H groups in total. The fourth-order valence-electron chi connectivity index (χ4n) is 25.5. The Hall–Kier alpha value is -13.6. The number of rotatable bonds is 12. The maximum Gasteiger partial charge on any atom is 0.216 e. The lowest BCUT2D eigenvalue weighted by atomic mass is 9.68. The third-order valence-corrected chi connectivity index (χ3v) is 32.9. The van der Waals surface area contributed by atoms with Crippen LogP contribution in [0.3, 0.4) is 0 Å². The number of hydrogen-bond donors (Lipinski definition) is 0. The molecule has 0 bridgehead atoms. The van der Waals surface area contributed by atoms with Crippen molar-refractivity contribution in [1.82, 2.24) is 0 Å². The number of nitrogens with zero attached hydrogens (tertiary/aromatic N) is 4. The van der Waals surface area contributed by atoms with Crippen LogP contribution in [0.5, 0.6) is 0 Å². The molecule has 1 saturated carbocycles. The Morgan fingerprint density at radius 2 is 0.529 bits per heavy atom. The van der Waals surface area contributed by atoms with Crippen LogP contribution in [0.4, 0.5) is 0 Å². The summed E-state index contributed by atoms with van der Waals surface area (Å²) in [5.74, 6) is 3.11. The van der Waals surface area contributed by atoms with Crippen LogP contribution in [0.15, 0.2) is 285 Å². The summed E-state index contributed by atoms with van der Waals surface area (Å²) >= 11 is 0. The van der Waals surface area contributed by atoms with Gasteiger partial charge in [0, 0.05) is 113 Å². The second kappa shape index (κ2) is 34.2. The van der Waals surface area contributed by atoms with Crippen molar-refractivity contribution < 1.29 is 35.9 Å². The topological polar surface area (TPSA) is 68.1 Å². The van der Waals surface area contributed by atoms with Crippen molar-refractivity contribution >= 4 is 87.8 Å². The van der Waals surface area contributed by atoms with Crippen LogP contribution in [-0.4, -0.2) is 0 Å². The molecule has 0 radical (unpaired) electrons. The van der Waals surface area contributed by atoms with Crippen LogP contribution < -0.4 is 18.3 Å². The van der Waals surface area contributed by atoms with E-state index in [0.717, 1.165) is 57.5 Å². The highest BCUT2D eigenvalue weighted by Crippen LogP contribution is 2.61. The summed E-state index contributed by atoms with van der Waals surface area (Å²) in [7, 11) is 8.51. The molecule has 25 rings (SSSR count). The molecule has 1 fully saturated rings. The fourth-order valence-corrected chi connectivity index (χ4v) is 25.5. The predicted octanol–water partition coefficient (Wildman–Crippen LogP) is 33.8. The predicted molar refractivity (Wildman–Crippen MR) is 582 cm³/mol. The highest BCUT2D eigenvalue weighted by Gasteiger charge is 2.48. The van der Waals surface area contributed by atoms with Gasteiger partial charge in [0.25, 0.3) is 0 Å². The number of fused-ring (bicyclic) bond motifs is 26. The first-order valence-electron chi connectivity index (χ1n) is 51.5. The molecular weight excluding hydrogens is 1710 g/mol. The first-order chi connectivity index (χ1) is 67.1. The molecule has 5 aliphatic rings. The van der Waals surface area contributed by atoms with Crippen molar-refractivity contribution in [2.24, 2.45) is 40.0 Å². The van der Waals surface area contributed by atoms with Crippen LogP contribution in [0.2, 0.25) is 0 Å². The van der Waals surface area contributed by atoms with Gasteiger partial charge in [-0.25, -0.2) is 18.3 Å². The lowest BCUT2D eigenvalue weighted by Crippen LogP contribution is -2.31. The zero-order chi connectivity index (χ0) is 97.7. The number of hydrogen-bond acceptors (Lipinski definition) is 4. The minimum atomic E-state index is -0.0319. The molecule has 0 saturated heterocycles. The van der Waals surface area contributed by atoms with Gasteiger partial charge in [-0.15, -0.1) is 0 Å². The summed E-state index contributed by atoms with van der Waals surface area (Å²) in [5, 5.41) is 9.69. The van der Waals surface area contributed by atoms with Crippen molar-refractivity contribution in [3.8, 4) is 89.5 Å². The zero-order valence-corrected chi connectivity index (χ0v) is 86.5. The molecule has 8 heteroatoms. The average molecular weight is 1840 g/mol. The summed E-state index contributed by atoms with van der Waals surface area (Å²) in [6.45, 7) is 45.6. The van der Waals surface area contributed by atoms with Gasteiger partial charge in [0.1, 0.15) is 72.9 Å². The molecule has 0 amide bonds. The second-order valence-electron chi connectivity index (χ2n) is 45.0. The van der Waals surface area contributed by atoms with E-state index in [2.05, 4.69) is 452 Å². The van der Waals surface area contributed by atoms with Gasteiger partial charge in [0.2, 0.25) is 22.8 Å². The normalized spacial score (nSPS) is 14.7. The molecule has 0 unspecified atom stereocenters. The minimum absolute atomic E-state index is 0.0186. The highest BCUT2D eigenvalue weighted by molar-refractivity contribution is 6.16. The third kappa shape index (κ3) is 14.5. The summed E-state index contributed by atoms with van der Waals surface area (Å²) in [6.07, 6.45) is 16.1. The van der Waals surface area contributed by atoms with Gasteiger partial charge in [0.15, 0.2) is 24.8 Å². The Morgan fingerprint density at radius 1 is 0.257 bits per heavy atom. The van der Waals surface area contributed by atoms with E-state index in [9.17, 15) is 0 Å². The Kier molecular flexibility index (Phi) is 22.3. The fraction of sp³-hybridized carbons (Fsp3) is 0.303. The zero-order valence-electron chi connectivity index (χ0n) is 86.5. The van der Waals surface area contributed by atoms with Gasteiger partial charge in [-0.3, -0.25) is 0 Å². The third-order valence-electron chi connectivity index (χ3n) is 32.9. The van der Waals surface area contributed by atoms with Crippen molar-refractivity contribution in [3.63, 3.8) is 0 Å². The van der Waals surface area contributed by atoms with E-state index in [1.807, 2.05) is 0 Å². The van der Waals surface area contributed by atoms with Crippen molar-refractivity contribution in [1.29, 1.82) is 0 Å². The number of furan rings is 4. The monoisotopic (exact) mass is 1840 g/mol. The van der Waals surface area contributed by atoms with Crippen molar-refractivity contribution in [2.75, 3.05) is 0 Å². The molecule has 8 nitrogen and oxygen atoms in total. The van der Waals surface area contributed by atoms with Crippen LogP contribution in [0.1, 0.15) is 262 Å². The van der Waals surface area contributed by atoms with E-state index >= 15 is 0 Å². The first-order valence-corrected chi connectivity index (χ1v) is 51.5. The first kappa shape index (κ1) is 91.5. The molecule has 0 aliphatic heterocycles. The highest BCUT2D eigenvalue weighted by atomic mass is 16.3. The molecule has 20 aromatic rings. The summed E-state index contributed by atoms with van der Waals surface area (Å²) in [6, 6.07) is 90.9. The van der Waals surface area contributed by atoms with E-state index in [1.54, 1.807) is 0 Å². The summed E-state index contributed by atoms with van der Waals surface area (Å²) in [5.41, 5.74) is 50.3. The molecule has 1 spiro atoms. The van der Waals surface area contributed by atoms with E-state index in [0.29, 0.717) is 35.5 Å². The number of aryl methyl sites for hydroxylation is 8. The molecule has 702 valence electrons. The van der Waals surface area contributed by atoms with Gasteiger partial charge in [-0.1, -0.05) is 269 Å². The number of benzene rings is 12. The molecule has 8 heterocycles. The maximum atomic E-state index is 6.83. The Labute approximate surface area is 826 Å². The SMILES string of the molecule is Cc1ccc2c(oc3cc4c(cc32)-c2ccccc2C4(C)C)c1-c1cc(C(C)C)cc[n+]1C.Cc1ccc2c(oc3cc4c(cc32)C(C)(C)c2ccccc2-4)c1-c1cc(C(C)C)cc[n+]1C.Cc1ccc2c(oc3cc4c(cc32)C(CC(C)C)(CC(C)C)c2ccccc2-4)c1-c1cc(C(C)C)cc[n+]1C.Cc1ccc2c(oc3cc4c(cc32)C2(CCCC2)c2ccccc2-4)c1-c1cc(C(C)C)cc[n+]1C. The lowest BCUT2D eigenvalue weighted by molar-refractivity contribution is -0.660. The van der Waals surface area contributed by atoms with Gasteiger partial charge in [-0.05, 0) is 271 Å². The van der Waals surface area contributed by atoms with Crippen molar-refractivity contribution in [2.45, 2.75) is 222 Å². The summed E-state index contributed by atoms with van der Waals surface area (Å²) in [4.78, 5) is 0. The molecule has 8 aromatic heterocycles. The van der Waals surface area contributed by atoms with Crippen LogP contribution in [-0.2, 0) is 49.9 Å². The quantitative estimate of drug-likeness (QED) is 0.114. The smallest absolute Gasteiger partial charge is 0.216 e. The largest absolute Gasteiger partial charge is 0.455 e. The minimum Gasteiger partial charge on any atom is -0.455 e. The van der Waals surface area contributed by atoms with Gasteiger partial charge >= 0.3 is 0 Å². The van der Waals surface area contributed by atoms with Gasteiger partial charge in [0.05, 0.1) is 22.3 Å². The Balaban J connectivity index is 0.000000108. The van der Waals surface area contributed by atoms with Crippen LogP contribution in [0.25, 0.3) is 177 Å². The molecule has 0 atom stereocenters. The van der Waals surface area contributed by atoms with Crippen molar-refractivity contribution in [3.05, 3.63) is 356 Å². The molecular formula is C132H134N4O4+4. The van der Waals surface area contributed by atoms with Crippen LogP contribution in [0, 0.1) is 39.5 Å².